The van der Waals surface area contributed by atoms with Gasteiger partial charge in [-0.1, -0.05) is 0 Å². The Kier molecular flexibility index (Phi) is 3.73. The Morgan fingerprint density at radius 1 is 1.47 bits per heavy atom. The van der Waals surface area contributed by atoms with Crippen LogP contribution in [0.4, 0.5) is 0 Å². The molecule has 0 amide bonds. The van der Waals surface area contributed by atoms with Crippen LogP contribution < -0.4 is 5.32 Å². The number of hydrogen-bond acceptors (Lipinski definition) is 4. The van der Waals surface area contributed by atoms with Gasteiger partial charge in [0.2, 0.25) is 0 Å². The van der Waals surface area contributed by atoms with E-state index in [0.717, 1.165) is 19.4 Å². The Bertz CT molecular complexity index is 226. The normalized spacial score (nSPS) is 26.7. The molecule has 0 aliphatic carbocycles. The Hall–Kier alpha value is -0.610. The molecule has 1 aliphatic rings. The third kappa shape index (κ3) is 3.18. The van der Waals surface area contributed by atoms with Crippen LogP contribution >= 0.6 is 0 Å². The molecule has 0 aromatic carbocycles. The summed E-state index contributed by atoms with van der Waals surface area (Å²) in [4.78, 5) is 12.0. The number of carbonyl (C=O) groups is 1. The Balaban J connectivity index is 2.68. The van der Waals surface area contributed by atoms with Gasteiger partial charge in [0, 0.05) is 7.11 Å². The second-order valence-electron chi connectivity index (χ2n) is 5.05. The molecule has 1 aliphatic heterocycles. The van der Waals surface area contributed by atoms with E-state index in [0.29, 0.717) is 6.61 Å². The van der Waals surface area contributed by atoms with Crippen LogP contribution in [0, 0.1) is 0 Å². The average Bonchev–Trinajstić information content (AvgIpc) is 2.51. The summed E-state index contributed by atoms with van der Waals surface area (Å²) in [6.45, 7) is 6.85. The molecular formula is C11H21NO3. The molecular weight excluding hydrogens is 194 g/mol. The zero-order valence-electron chi connectivity index (χ0n) is 10.1. The van der Waals surface area contributed by atoms with Gasteiger partial charge in [0.05, 0.1) is 6.61 Å². The van der Waals surface area contributed by atoms with Gasteiger partial charge in [-0.3, -0.25) is 5.32 Å². The maximum absolute atomic E-state index is 12.0. The van der Waals surface area contributed by atoms with E-state index in [1.807, 2.05) is 20.8 Å². The van der Waals surface area contributed by atoms with Crippen molar-refractivity contribution < 1.29 is 14.3 Å². The summed E-state index contributed by atoms with van der Waals surface area (Å²) in [5.41, 5.74) is -1.07. The Labute approximate surface area is 91.3 Å². The molecule has 0 radical (unpaired) electrons. The second-order valence-corrected chi connectivity index (χ2v) is 5.05. The van der Waals surface area contributed by atoms with Crippen LogP contribution in [0.15, 0.2) is 0 Å². The fourth-order valence-electron chi connectivity index (χ4n) is 1.78. The van der Waals surface area contributed by atoms with Gasteiger partial charge < -0.3 is 9.47 Å². The first-order valence-electron chi connectivity index (χ1n) is 5.37. The van der Waals surface area contributed by atoms with E-state index >= 15 is 0 Å². The molecule has 0 saturated carbocycles. The Morgan fingerprint density at radius 3 is 2.53 bits per heavy atom. The third-order valence-corrected chi connectivity index (χ3v) is 2.42. The lowest BCUT2D eigenvalue weighted by Crippen LogP contribution is -2.53. The van der Waals surface area contributed by atoms with E-state index in [9.17, 15) is 4.79 Å². The number of nitrogens with one attached hydrogen (secondary N) is 1. The topological polar surface area (TPSA) is 47.6 Å². The molecule has 0 unspecified atom stereocenters. The van der Waals surface area contributed by atoms with E-state index in [1.165, 1.54) is 0 Å². The van der Waals surface area contributed by atoms with Crippen molar-refractivity contribution in [2.24, 2.45) is 0 Å². The zero-order chi connectivity index (χ0) is 11.5. The highest BCUT2D eigenvalue weighted by Crippen LogP contribution is 2.23. The summed E-state index contributed by atoms with van der Waals surface area (Å²) in [6.07, 6.45) is 1.78. The van der Waals surface area contributed by atoms with Gasteiger partial charge in [0.15, 0.2) is 0 Å². The van der Waals surface area contributed by atoms with E-state index in [-0.39, 0.29) is 5.97 Å². The molecule has 88 valence electrons. The zero-order valence-corrected chi connectivity index (χ0v) is 10.1. The molecule has 0 aromatic rings. The lowest BCUT2D eigenvalue weighted by Gasteiger charge is -2.30. The number of methoxy groups -OCH3 is 1. The van der Waals surface area contributed by atoms with Crippen molar-refractivity contribution in [3.63, 3.8) is 0 Å². The first-order chi connectivity index (χ1) is 6.90. The van der Waals surface area contributed by atoms with Crippen LogP contribution in [0.2, 0.25) is 0 Å². The minimum atomic E-state index is -0.623. The molecule has 1 N–H and O–H groups in total. The number of ether oxygens (including phenoxy) is 2. The lowest BCUT2D eigenvalue weighted by molar-refractivity contribution is -0.164. The van der Waals surface area contributed by atoms with E-state index in [4.69, 9.17) is 9.47 Å². The van der Waals surface area contributed by atoms with Crippen LogP contribution in [-0.2, 0) is 14.3 Å². The monoisotopic (exact) mass is 215 g/mol. The molecule has 1 fully saturated rings. The molecule has 4 nitrogen and oxygen atoms in total. The van der Waals surface area contributed by atoms with Gasteiger partial charge in [-0.2, -0.15) is 0 Å². The summed E-state index contributed by atoms with van der Waals surface area (Å²) in [5.74, 6) is -0.200. The second kappa shape index (κ2) is 4.49. The summed E-state index contributed by atoms with van der Waals surface area (Å²) in [7, 11) is 1.60. The summed E-state index contributed by atoms with van der Waals surface area (Å²) in [6, 6.07) is 0. The van der Waals surface area contributed by atoms with Crippen LogP contribution in [0.1, 0.15) is 33.6 Å². The molecule has 0 spiro atoms. The van der Waals surface area contributed by atoms with Crippen LogP contribution in [0.25, 0.3) is 0 Å². The summed E-state index contributed by atoms with van der Waals surface area (Å²) in [5, 5.41) is 3.19. The van der Waals surface area contributed by atoms with Crippen molar-refractivity contribution in [2.45, 2.75) is 44.8 Å². The summed E-state index contributed by atoms with van der Waals surface area (Å²) >= 11 is 0. The predicted molar refractivity (Wildman–Crippen MR) is 57.7 cm³/mol. The molecule has 1 rings (SSSR count). The minimum absolute atomic E-state index is 0.200. The number of carbonyl (C=O) groups excluding carboxylic acids is 1. The molecule has 15 heavy (non-hydrogen) atoms. The molecule has 1 saturated heterocycles. The van der Waals surface area contributed by atoms with Crippen LogP contribution in [0.5, 0.6) is 0 Å². The highest BCUT2D eigenvalue weighted by Gasteiger charge is 2.43. The van der Waals surface area contributed by atoms with E-state index in [2.05, 4.69) is 5.32 Å². The predicted octanol–water partition coefficient (Wildman–Crippen LogP) is 1.10. The molecule has 0 aromatic heterocycles. The number of rotatable bonds is 3. The minimum Gasteiger partial charge on any atom is -0.459 e. The van der Waals surface area contributed by atoms with Crippen molar-refractivity contribution in [1.29, 1.82) is 0 Å². The quantitative estimate of drug-likeness (QED) is 0.716. The van der Waals surface area contributed by atoms with Gasteiger partial charge >= 0.3 is 5.97 Å². The Morgan fingerprint density at radius 2 is 2.13 bits per heavy atom. The fourth-order valence-corrected chi connectivity index (χ4v) is 1.78. The van der Waals surface area contributed by atoms with Crippen molar-refractivity contribution in [3.8, 4) is 0 Å². The van der Waals surface area contributed by atoms with Crippen molar-refractivity contribution in [3.05, 3.63) is 0 Å². The van der Waals surface area contributed by atoms with Gasteiger partial charge in [0.1, 0.15) is 11.1 Å². The van der Waals surface area contributed by atoms with Gasteiger partial charge in [-0.25, -0.2) is 4.79 Å². The van der Waals surface area contributed by atoms with Crippen molar-refractivity contribution in [1.82, 2.24) is 5.32 Å². The van der Waals surface area contributed by atoms with Crippen molar-refractivity contribution in [2.75, 3.05) is 20.3 Å². The van der Waals surface area contributed by atoms with Gasteiger partial charge in [-0.15, -0.1) is 0 Å². The molecule has 4 heteroatoms. The van der Waals surface area contributed by atoms with E-state index < -0.39 is 11.1 Å². The molecule has 0 bridgehead atoms. The van der Waals surface area contributed by atoms with Crippen LogP contribution in [0.3, 0.4) is 0 Å². The standard InChI is InChI=1S/C11H21NO3/c1-10(2,3)15-9(13)11(8-14-4)6-5-7-12-11/h12H,5-8H2,1-4H3/t11-/m1/s1. The lowest BCUT2D eigenvalue weighted by atomic mass is 9.98. The number of esters is 1. The fraction of sp³-hybridized carbons (Fsp3) is 0.909. The summed E-state index contributed by atoms with van der Waals surface area (Å²) < 4.78 is 10.5. The molecule has 1 heterocycles. The SMILES string of the molecule is COC[C@@]1(C(=O)OC(C)(C)C)CCCN1. The maximum Gasteiger partial charge on any atom is 0.329 e. The first-order valence-corrected chi connectivity index (χ1v) is 5.37. The highest BCUT2D eigenvalue weighted by atomic mass is 16.6. The van der Waals surface area contributed by atoms with Crippen LogP contribution in [-0.4, -0.2) is 37.4 Å². The smallest absolute Gasteiger partial charge is 0.329 e. The molecule has 1 atom stereocenters. The third-order valence-electron chi connectivity index (χ3n) is 2.42. The maximum atomic E-state index is 12.0. The number of hydrogen-bond donors (Lipinski definition) is 1. The first kappa shape index (κ1) is 12.5. The van der Waals surface area contributed by atoms with Crippen molar-refractivity contribution >= 4 is 5.97 Å². The largest absolute Gasteiger partial charge is 0.459 e. The average molecular weight is 215 g/mol. The van der Waals surface area contributed by atoms with E-state index in [1.54, 1.807) is 7.11 Å². The van der Waals surface area contributed by atoms with Gasteiger partial charge in [-0.05, 0) is 40.2 Å². The van der Waals surface area contributed by atoms with Gasteiger partial charge in [0.25, 0.3) is 0 Å². The highest BCUT2D eigenvalue weighted by molar-refractivity contribution is 5.81.